The third-order valence-corrected chi connectivity index (χ3v) is 6.71. The van der Waals surface area contributed by atoms with Crippen LogP contribution in [0.15, 0.2) is 30.3 Å². The van der Waals surface area contributed by atoms with Crippen LogP contribution in [0.2, 0.25) is 0 Å². The number of nitrogen functional groups attached to an aromatic ring is 1. The summed E-state index contributed by atoms with van der Waals surface area (Å²) < 4.78 is 15.1. The van der Waals surface area contributed by atoms with Gasteiger partial charge in [0.15, 0.2) is 5.13 Å². The van der Waals surface area contributed by atoms with Crippen molar-refractivity contribution in [3.63, 3.8) is 0 Å². The molecule has 0 unspecified atom stereocenters. The van der Waals surface area contributed by atoms with Crippen LogP contribution in [0, 0.1) is 0 Å². The molecule has 0 amide bonds. The van der Waals surface area contributed by atoms with E-state index in [0.29, 0.717) is 5.13 Å². The van der Waals surface area contributed by atoms with Gasteiger partial charge in [-0.05, 0) is 37.1 Å². The van der Waals surface area contributed by atoms with Gasteiger partial charge in [-0.2, -0.15) is 0 Å². The summed E-state index contributed by atoms with van der Waals surface area (Å²) in [6.45, 7) is 4.97. The lowest BCUT2D eigenvalue weighted by Crippen LogP contribution is -2.36. The summed E-state index contributed by atoms with van der Waals surface area (Å²) in [5.41, 5.74) is 11.2. The number of morpholine rings is 1. The van der Waals surface area contributed by atoms with Crippen molar-refractivity contribution in [2.24, 2.45) is 0 Å². The summed E-state index contributed by atoms with van der Waals surface area (Å²) in [6.07, 6.45) is 2.10. The molecule has 0 radical (unpaired) electrons. The second-order valence-corrected chi connectivity index (χ2v) is 8.85. The fourth-order valence-electron chi connectivity index (χ4n) is 4.40. The molecule has 0 bridgehead atoms. The molecule has 1 fully saturated rings. The zero-order chi connectivity index (χ0) is 20.1. The third kappa shape index (κ3) is 2.98. The van der Waals surface area contributed by atoms with Gasteiger partial charge < -0.3 is 24.7 Å². The number of rotatable bonds is 2. The maximum Gasteiger partial charge on any atom is 0.181 e. The minimum Gasteiger partial charge on any atom is -0.491 e. The van der Waals surface area contributed by atoms with Crippen LogP contribution < -0.4 is 15.4 Å². The lowest BCUT2D eigenvalue weighted by atomic mass is 10.2. The number of fused-ring (bicyclic) bond motifs is 1. The second kappa shape index (κ2) is 7.14. The van der Waals surface area contributed by atoms with Crippen molar-refractivity contribution in [3.05, 3.63) is 30.3 Å². The number of ether oxygens (including phenoxy) is 2. The van der Waals surface area contributed by atoms with E-state index in [1.165, 1.54) is 11.3 Å². The van der Waals surface area contributed by atoms with E-state index in [1.807, 2.05) is 6.07 Å². The number of nitrogens with zero attached hydrogens (tertiary/aromatic N) is 4. The van der Waals surface area contributed by atoms with Crippen LogP contribution in [-0.4, -0.2) is 47.4 Å². The van der Waals surface area contributed by atoms with Crippen LogP contribution in [0.3, 0.4) is 0 Å². The monoisotopic (exact) mass is 421 g/mol. The van der Waals surface area contributed by atoms with Crippen molar-refractivity contribution in [2.45, 2.75) is 19.4 Å². The number of imidazole rings is 1. The molecule has 154 valence electrons. The van der Waals surface area contributed by atoms with E-state index in [4.69, 9.17) is 20.2 Å². The summed E-state index contributed by atoms with van der Waals surface area (Å²) in [7, 11) is 0. The minimum absolute atomic E-state index is 0.593. The lowest BCUT2D eigenvalue weighted by molar-refractivity contribution is 0.122. The Morgan fingerprint density at radius 2 is 1.83 bits per heavy atom. The highest BCUT2D eigenvalue weighted by atomic mass is 32.1. The van der Waals surface area contributed by atoms with Gasteiger partial charge in [-0.25, -0.2) is 9.97 Å². The Kier molecular flexibility index (Phi) is 4.28. The molecule has 0 saturated carbocycles. The molecule has 0 aliphatic carbocycles. The van der Waals surface area contributed by atoms with Gasteiger partial charge in [0.1, 0.15) is 17.1 Å². The van der Waals surface area contributed by atoms with E-state index in [9.17, 15) is 0 Å². The van der Waals surface area contributed by atoms with Crippen LogP contribution in [0.25, 0.3) is 32.6 Å². The SMILES string of the molecule is Nc1nc2ccc(-c3nc4cc(N5CCOCC5)cc5c4n3CCCCO5)cc2s1. The Balaban J connectivity index is 1.54. The smallest absolute Gasteiger partial charge is 0.181 e. The van der Waals surface area contributed by atoms with Crippen molar-refractivity contribution < 1.29 is 9.47 Å². The molecule has 6 rings (SSSR count). The average molecular weight is 422 g/mol. The zero-order valence-corrected chi connectivity index (χ0v) is 17.5. The number of nitrogens with two attached hydrogens (primary N) is 1. The normalized spacial score (nSPS) is 17.1. The van der Waals surface area contributed by atoms with Gasteiger partial charge >= 0.3 is 0 Å². The van der Waals surface area contributed by atoms with Gasteiger partial charge in [0.05, 0.1) is 35.6 Å². The van der Waals surface area contributed by atoms with E-state index in [0.717, 1.165) is 96.4 Å². The first kappa shape index (κ1) is 18.0. The molecule has 2 aliphatic heterocycles. The number of anilines is 2. The van der Waals surface area contributed by atoms with Crippen LogP contribution in [0.4, 0.5) is 10.8 Å². The molecule has 2 aromatic carbocycles. The second-order valence-electron chi connectivity index (χ2n) is 7.79. The maximum atomic E-state index is 6.21. The first-order valence-electron chi connectivity index (χ1n) is 10.4. The van der Waals surface area contributed by atoms with Crippen LogP contribution in [-0.2, 0) is 11.3 Å². The molecular weight excluding hydrogens is 398 g/mol. The highest BCUT2D eigenvalue weighted by Crippen LogP contribution is 2.38. The Labute approximate surface area is 178 Å². The van der Waals surface area contributed by atoms with Gasteiger partial charge in [-0.1, -0.05) is 11.3 Å². The molecule has 0 atom stereocenters. The lowest BCUT2D eigenvalue weighted by Gasteiger charge is -2.29. The van der Waals surface area contributed by atoms with Gasteiger partial charge in [0, 0.05) is 37.0 Å². The highest BCUT2D eigenvalue weighted by molar-refractivity contribution is 7.22. The maximum absolute atomic E-state index is 6.21. The van der Waals surface area contributed by atoms with E-state index in [1.54, 1.807) is 0 Å². The minimum atomic E-state index is 0.593. The standard InChI is InChI=1S/C22H23N5O2S/c23-22-25-16-4-3-14(11-19(16)30-22)21-24-17-12-15(26-6-9-28-10-7-26)13-18-20(17)27(21)5-1-2-8-29-18/h3-4,11-13H,1-2,5-10H2,(H2,23,25). The topological polar surface area (TPSA) is 78.4 Å². The summed E-state index contributed by atoms with van der Waals surface area (Å²) in [5, 5.41) is 0.593. The van der Waals surface area contributed by atoms with Crippen molar-refractivity contribution in [3.8, 4) is 17.1 Å². The largest absolute Gasteiger partial charge is 0.491 e. The molecule has 1 saturated heterocycles. The molecular formula is C22H23N5O2S. The van der Waals surface area contributed by atoms with Crippen molar-refractivity contribution >= 4 is 43.4 Å². The van der Waals surface area contributed by atoms with Crippen LogP contribution in [0.1, 0.15) is 12.8 Å². The first-order valence-corrected chi connectivity index (χ1v) is 11.2. The Bertz CT molecular complexity index is 1240. The molecule has 30 heavy (non-hydrogen) atoms. The highest BCUT2D eigenvalue weighted by Gasteiger charge is 2.22. The molecule has 8 heteroatoms. The van der Waals surface area contributed by atoms with E-state index in [-0.39, 0.29) is 0 Å². The van der Waals surface area contributed by atoms with Gasteiger partial charge in [0.25, 0.3) is 0 Å². The molecule has 4 aromatic rings. The number of thiazole rings is 1. The van der Waals surface area contributed by atoms with Crippen molar-refractivity contribution in [2.75, 3.05) is 43.5 Å². The number of benzene rings is 2. The van der Waals surface area contributed by atoms with Crippen molar-refractivity contribution in [1.29, 1.82) is 0 Å². The molecule has 0 spiro atoms. The summed E-state index contributed by atoms with van der Waals surface area (Å²) in [5.74, 6) is 1.90. The molecule has 2 aliphatic rings. The first-order chi connectivity index (χ1) is 14.8. The van der Waals surface area contributed by atoms with Crippen LogP contribution in [0.5, 0.6) is 5.75 Å². The number of aryl methyl sites for hydroxylation is 1. The predicted octanol–water partition coefficient (Wildman–Crippen LogP) is 3.90. The van der Waals surface area contributed by atoms with Gasteiger partial charge in [-0.15, -0.1) is 0 Å². The number of aromatic nitrogens is 3. The Hall–Kier alpha value is -2.84. The molecule has 2 aromatic heterocycles. The van der Waals surface area contributed by atoms with Crippen LogP contribution >= 0.6 is 11.3 Å². The summed E-state index contributed by atoms with van der Waals surface area (Å²) in [4.78, 5) is 11.8. The summed E-state index contributed by atoms with van der Waals surface area (Å²) in [6, 6.07) is 10.6. The van der Waals surface area contributed by atoms with Gasteiger partial charge in [0.2, 0.25) is 0 Å². The third-order valence-electron chi connectivity index (χ3n) is 5.86. The van der Waals surface area contributed by atoms with E-state index in [2.05, 4.69) is 38.7 Å². The van der Waals surface area contributed by atoms with Crippen molar-refractivity contribution in [1.82, 2.24) is 14.5 Å². The van der Waals surface area contributed by atoms with Gasteiger partial charge in [-0.3, -0.25) is 0 Å². The van der Waals surface area contributed by atoms with E-state index >= 15 is 0 Å². The zero-order valence-electron chi connectivity index (χ0n) is 16.6. The Morgan fingerprint density at radius 3 is 2.73 bits per heavy atom. The van der Waals surface area contributed by atoms with E-state index < -0.39 is 0 Å². The molecule has 4 heterocycles. The summed E-state index contributed by atoms with van der Waals surface area (Å²) >= 11 is 1.51. The Morgan fingerprint density at radius 1 is 0.933 bits per heavy atom. The number of hydrogen-bond donors (Lipinski definition) is 1. The predicted molar refractivity (Wildman–Crippen MR) is 121 cm³/mol. The molecule has 2 N–H and O–H groups in total. The quantitative estimate of drug-likeness (QED) is 0.529. The fraction of sp³-hybridized carbons (Fsp3) is 0.364. The fourth-order valence-corrected chi connectivity index (χ4v) is 5.18. The average Bonchev–Trinajstić information content (AvgIpc) is 3.30. The molecule has 7 nitrogen and oxygen atoms in total. The number of hydrogen-bond acceptors (Lipinski definition) is 7.